The lowest BCUT2D eigenvalue weighted by Gasteiger charge is -2.30. The summed E-state index contributed by atoms with van der Waals surface area (Å²) in [4.78, 5) is -0.469. The van der Waals surface area contributed by atoms with E-state index in [0.29, 0.717) is 10.8 Å². The van der Waals surface area contributed by atoms with Crippen molar-refractivity contribution in [3.05, 3.63) is 40.3 Å². The van der Waals surface area contributed by atoms with E-state index in [1.54, 1.807) is 6.07 Å². The summed E-state index contributed by atoms with van der Waals surface area (Å²) in [6, 6.07) is 3.92. The van der Waals surface area contributed by atoms with Gasteiger partial charge in [-0.2, -0.15) is 0 Å². The molecule has 3 N–H and O–H groups in total. The number of hydrogen-bond acceptors (Lipinski definition) is 7. The fourth-order valence-electron chi connectivity index (χ4n) is 2.97. The van der Waals surface area contributed by atoms with Crippen molar-refractivity contribution in [3.8, 4) is 5.75 Å². The summed E-state index contributed by atoms with van der Waals surface area (Å²) < 4.78 is 51.7. The van der Waals surface area contributed by atoms with Crippen LogP contribution in [-0.4, -0.2) is 47.8 Å². The van der Waals surface area contributed by atoms with Crippen LogP contribution in [0.1, 0.15) is 32.6 Å². The summed E-state index contributed by atoms with van der Waals surface area (Å²) in [5.41, 5.74) is -0.394. The first-order chi connectivity index (χ1) is 15.2. The highest BCUT2D eigenvalue weighted by atomic mass is 35.5. The van der Waals surface area contributed by atoms with Crippen molar-refractivity contribution >= 4 is 61.8 Å². The van der Waals surface area contributed by atoms with Crippen LogP contribution >= 0.6 is 23.2 Å². The number of sulfonamides is 1. The number of phenolic OH excluding ortho intramolecular Hbond substituents is 1. The minimum Gasteiger partial charge on any atom is -0.504 e. The van der Waals surface area contributed by atoms with Crippen LogP contribution in [-0.2, 0) is 21.2 Å². The number of rotatable bonds is 5. The van der Waals surface area contributed by atoms with Crippen LogP contribution < -0.4 is 10.6 Å². The Morgan fingerprint density at radius 1 is 1.18 bits per heavy atom. The smallest absolute Gasteiger partial charge is 0.269 e. The maximum Gasteiger partial charge on any atom is 0.269 e. The van der Waals surface area contributed by atoms with Crippen LogP contribution in [0.3, 0.4) is 0 Å². The first-order valence-electron chi connectivity index (χ1n) is 9.53. The summed E-state index contributed by atoms with van der Waals surface area (Å²) in [6.45, 7) is 5.88. The SMILES string of the molecule is CN(C)S(=O)(=O)c1c(Cl)ccc(NC2=NS(=O)N=C2N[C@@H](c2cc(Cl)co2)C(C)(C)C)c1O. The highest BCUT2D eigenvalue weighted by Crippen LogP contribution is 2.39. The Labute approximate surface area is 204 Å². The zero-order valence-corrected chi connectivity index (χ0v) is 21.5. The summed E-state index contributed by atoms with van der Waals surface area (Å²) in [5, 5.41) is 16.9. The van der Waals surface area contributed by atoms with Gasteiger partial charge in [0.15, 0.2) is 17.4 Å². The Bertz CT molecular complexity index is 1270. The lowest BCUT2D eigenvalue weighted by atomic mass is 9.85. The van der Waals surface area contributed by atoms with Gasteiger partial charge in [-0.1, -0.05) is 44.0 Å². The molecule has 0 aliphatic carbocycles. The number of anilines is 1. The molecule has 1 aromatic carbocycles. The molecular weight excluding hydrogens is 513 g/mol. The number of amidine groups is 2. The summed E-state index contributed by atoms with van der Waals surface area (Å²) in [7, 11) is -1.42. The number of furan rings is 1. The maximum absolute atomic E-state index is 12.6. The summed E-state index contributed by atoms with van der Waals surface area (Å²) in [5.74, 6) is 0.0836. The third kappa shape index (κ3) is 5.35. The highest BCUT2D eigenvalue weighted by Gasteiger charge is 2.34. The van der Waals surface area contributed by atoms with Crippen molar-refractivity contribution in [1.29, 1.82) is 0 Å². The number of benzene rings is 1. The van der Waals surface area contributed by atoms with Crippen LogP contribution in [0.5, 0.6) is 5.75 Å². The Morgan fingerprint density at radius 2 is 1.82 bits per heavy atom. The predicted octanol–water partition coefficient (Wildman–Crippen LogP) is 3.72. The van der Waals surface area contributed by atoms with Gasteiger partial charge in [-0.15, -0.1) is 8.80 Å². The molecule has 1 unspecified atom stereocenters. The molecule has 0 amide bonds. The van der Waals surface area contributed by atoms with Crippen LogP contribution in [0.15, 0.2) is 42.6 Å². The number of halogens is 2. The fourth-order valence-corrected chi connectivity index (χ4v) is 5.23. The van der Waals surface area contributed by atoms with Gasteiger partial charge < -0.3 is 20.2 Å². The average Bonchev–Trinajstić information content (AvgIpc) is 3.25. The molecule has 0 spiro atoms. The van der Waals surface area contributed by atoms with Crippen molar-refractivity contribution < 1.29 is 22.2 Å². The van der Waals surface area contributed by atoms with E-state index in [0.717, 1.165) is 4.31 Å². The van der Waals surface area contributed by atoms with E-state index in [4.69, 9.17) is 27.6 Å². The van der Waals surface area contributed by atoms with E-state index < -0.39 is 37.9 Å². The van der Waals surface area contributed by atoms with Gasteiger partial charge in [0.2, 0.25) is 10.0 Å². The monoisotopic (exact) mass is 535 g/mol. The second kappa shape index (κ2) is 9.26. The molecule has 2 aromatic rings. The third-order valence-electron chi connectivity index (χ3n) is 4.66. The minimum absolute atomic E-state index is 0.0136. The number of hydrogen-bond donors (Lipinski definition) is 3. The molecule has 2 heterocycles. The molecule has 1 aromatic heterocycles. The summed E-state index contributed by atoms with van der Waals surface area (Å²) in [6.07, 6.45) is 1.40. The Morgan fingerprint density at radius 3 is 2.36 bits per heavy atom. The molecule has 0 bridgehead atoms. The third-order valence-corrected chi connectivity index (χ3v) is 7.85. The van der Waals surface area contributed by atoms with Crippen molar-refractivity contribution in [3.63, 3.8) is 0 Å². The Kier molecular flexibility index (Phi) is 7.16. The Hall–Kier alpha value is -2.12. The first-order valence-corrected chi connectivity index (χ1v) is 12.8. The molecular formula is C19H23Cl2N5O5S2. The standard InChI is InChI=1S/C19H23Cl2N5O5S2/c1-19(2,3)16(13-8-10(20)9-31-13)23-18-17(24-32(28)25-18)22-12-7-6-11(21)15(14(12)27)33(29,30)26(4)5/h6-9,16,27H,1-5H3,(H,22,24)(H,23,25)/t16-,32?/m0/s1. The van der Waals surface area contributed by atoms with E-state index in [1.807, 2.05) is 20.8 Å². The summed E-state index contributed by atoms with van der Waals surface area (Å²) >= 11 is 10.1. The first kappa shape index (κ1) is 25.5. The molecule has 0 saturated heterocycles. The van der Waals surface area contributed by atoms with E-state index >= 15 is 0 Å². The van der Waals surface area contributed by atoms with Gasteiger partial charge in [-0.3, -0.25) is 0 Å². The maximum atomic E-state index is 12.6. The molecule has 14 heteroatoms. The van der Waals surface area contributed by atoms with Gasteiger partial charge in [0.05, 0.1) is 21.8 Å². The highest BCUT2D eigenvalue weighted by molar-refractivity contribution is 7.89. The normalized spacial score (nSPS) is 17.6. The fraction of sp³-hybridized carbons (Fsp3) is 0.368. The van der Waals surface area contributed by atoms with Gasteiger partial charge in [0, 0.05) is 20.2 Å². The lowest BCUT2D eigenvalue weighted by molar-refractivity contribution is 0.264. The predicted molar refractivity (Wildman–Crippen MR) is 130 cm³/mol. The van der Waals surface area contributed by atoms with Crippen molar-refractivity contribution in [2.24, 2.45) is 14.2 Å². The largest absolute Gasteiger partial charge is 0.504 e. The molecule has 10 nitrogen and oxygen atoms in total. The molecule has 3 rings (SSSR count). The zero-order valence-electron chi connectivity index (χ0n) is 18.4. The number of nitrogens with one attached hydrogen (secondary N) is 2. The van der Waals surface area contributed by atoms with Crippen molar-refractivity contribution in [1.82, 2.24) is 9.62 Å². The van der Waals surface area contributed by atoms with Crippen molar-refractivity contribution in [2.45, 2.75) is 31.7 Å². The van der Waals surface area contributed by atoms with Crippen LogP contribution in [0.25, 0.3) is 0 Å². The average molecular weight is 536 g/mol. The minimum atomic E-state index is -4.05. The molecule has 33 heavy (non-hydrogen) atoms. The van der Waals surface area contributed by atoms with Gasteiger partial charge in [-0.25, -0.2) is 16.9 Å². The lowest BCUT2D eigenvalue weighted by Crippen LogP contribution is -2.41. The van der Waals surface area contributed by atoms with Crippen molar-refractivity contribution in [2.75, 3.05) is 19.4 Å². The number of phenols is 1. The van der Waals surface area contributed by atoms with Gasteiger partial charge >= 0.3 is 0 Å². The van der Waals surface area contributed by atoms with E-state index in [-0.39, 0.29) is 27.8 Å². The second-order valence-electron chi connectivity index (χ2n) is 8.41. The van der Waals surface area contributed by atoms with Gasteiger partial charge in [0.25, 0.3) is 11.2 Å². The van der Waals surface area contributed by atoms with Crippen LogP contribution in [0.2, 0.25) is 10.0 Å². The van der Waals surface area contributed by atoms with E-state index in [2.05, 4.69) is 19.4 Å². The van der Waals surface area contributed by atoms with E-state index in [1.165, 1.54) is 32.5 Å². The topological polar surface area (TPSA) is 137 Å². The molecule has 0 radical (unpaired) electrons. The second-order valence-corrected chi connectivity index (χ2v) is 12.2. The number of nitrogens with zero attached hydrogens (tertiary/aromatic N) is 3. The van der Waals surface area contributed by atoms with E-state index in [9.17, 15) is 17.7 Å². The molecule has 2 atom stereocenters. The quantitative estimate of drug-likeness (QED) is 0.496. The van der Waals surface area contributed by atoms with Crippen LogP contribution in [0, 0.1) is 5.41 Å². The Balaban J connectivity index is 1.96. The zero-order chi connectivity index (χ0) is 24.7. The molecule has 0 saturated carbocycles. The van der Waals surface area contributed by atoms with Gasteiger partial charge in [0.1, 0.15) is 16.9 Å². The molecule has 180 valence electrons. The molecule has 1 aliphatic rings. The van der Waals surface area contributed by atoms with Gasteiger partial charge in [-0.05, 0) is 17.5 Å². The van der Waals surface area contributed by atoms with Crippen LogP contribution in [0.4, 0.5) is 5.69 Å². The molecule has 1 aliphatic heterocycles. The number of aromatic hydroxyl groups is 1. The molecule has 0 fully saturated rings.